The fourth-order valence-electron chi connectivity index (χ4n) is 2.22. The molecule has 0 radical (unpaired) electrons. The summed E-state index contributed by atoms with van der Waals surface area (Å²) >= 11 is 0. The van der Waals surface area contributed by atoms with Crippen LogP contribution in [0.5, 0.6) is 0 Å². The van der Waals surface area contributed by atoms with E-state index in [-0.39, 0.29) is 6.61 Å². The third kappa shape index (κ3) is 3.28. The van der Waals surface area contributed by atoms with Gasteiger partial charge in [-0.2, -0.15) is 0 Å². The molecule has 2 N–H and O–H groups in total. The third-order valence-corrected chi connectivity index (χ3v) is 3.31. The quantitative estimate of drug-likeness (QED) is 0.818. The maximum absolute atomic E-state index is 8.88. The second kappa shape index (κ2) is 6.15. The Bertz CT molecular complexity index is 354. The van der Waals surface area contributed by atoms with Crippen LogP contribution < -0.4 is 5.32 Å². The highest BCUT2D eigenvalue weighted by atomic mass is 16.5. The lowest BCUT2D eigenvalue weighted by Crippen LogP contribution is -2.32. The van der Waals surface area contributed by atoms with Crippen molar-refractivity contribution in [3.63, 3.8) is 0 Å². The van der Waals surface area contributed by atoms with Crippen LogP contribution in [0.1, 0.15) is 30.5 Å². The van der Waals surface area contributed by atoms with E-state index < -0.39 is 0 Å². The fourth-order valence-corrected chi connectivity index (χ4v) is 2.22. The van der Waals surface area contributed by atoms with E-state index in [0.29, 0.717) is 12.0 Å². The van der Waals surface area contributed by atoms with Gasteiger partial charge in [-0.05, 0) is 30.0 Å². The lowest BCUT2D eigenvalue weighted by Gasteiger charge is -2.27. The minimum absolute atomic E-state index is 0.264. The molecule has 0 spiro atoms. The van der Waals surface area contributed by atoms with E-state index in [0.717, 1.165) is 26.2 Å². The van der Waals surface area contributed by atoms with Crippen LogP contribution in [-0.2, 0) is 11.3 Å². The minimum Gasteiger partial charge on any atom is -0.396 e. The summed E-state index contributed by atoms with van der Waals surface area (Å²) in [6.07, 6.45) is 0.849. The Morgan fingerprint density at radius 1 is 1.47 bits per heavy atom. The number of benzene rings is 1. The maximum Gasteiger partial charge on any atom is 0.0721 e. The van der Waals surface area contributed by atoms with Crippen molar-refractivity contribution in [1.82, 2.24) is 5.32 Å². The molecule has 17 heavy (non-hydrogen) atoms. The fraction of sp³-hybridized carbons (Fsp3) is 0.571. The molecule has 2 rings (SSSR count). The van der Waals surface area contributed by atoms with E-state index in [1.807, 2.05) is 0 Å². The predicted molar refractivity (Wildman–Crippen MR) is 67.7 cm³/mol. The molecule has 0 aromatic heterocycles. The van der Waals surface area contributed by atoms with Crippen LogP contribution >= 0.6 is 0 Å². The van der Waals surface area contributed by atoms with Crippen molar-refractivity contribution in [2.45, 2.75) is 26.0 Å². The number of hydrogen-bond donors (Lipinski definition) is 2. The SMILES string of the molecule is CC(CCO)CNC1COCc2ccccc21. The highest BCUT2D eigenvalue weighted by Gasteiger charge is 2.19. The highest BCUT2D eigenvalue weighted by Crippen LogP contribution is 2.24. The normalized spacial score (nSPS) is 20.9. The number of ether oxygens (including phenoxy) is 1. The first-order valence-electron chi connectivity index (χ1n) is 6.31. The second-order valence-corrected chi connectivity index (χ2v) is 4.79. The number of rotatable bonds is 5. The monoisotopic (exact) mass is 235 g/mol. The van der Waals surface area contributed by atoms with Crippen molar-refractivity contribution in [3.05, 3.63) is 35.4 Å². The Hall–Kier alpha value is -0.900. The van der Waals surface area contributed by atoms with Crippen LogP contribution in [0.25, 0.3) is 0 Å². The molecule has 0 fully saturated rings. The van der Waals surface area contributed by atoms with Gasteiger partial charge in [-0.25, -0.2) is 0 Å². The largest absolute Gasteiger partial charge is 0.396 e. The maximum atomic E-state index is 8.88. The summed E-state index contributed by atoms with van der Waals surface area (Å²) in [5.41, 5.74) is 2.64. The number of hydrogen-bond acceptors (Lipinski definition) is 3. The van der Waals surface area contributed by atoms with Gasteiger partial charge in [0.05, 0.1) is 19.3 Å². The van der Waals surface area contributed by atoms with E-state index in [1.165, 1.54) is 11.1 Å². The van der Waals surface area contributed by atoms with Gasteiger partial charge in [0.1, 0.15) is 0 Å². The topological polar surface area (TPSA) is 41.5 Å². The van der Waals surface area contributed by atoms with Gasteiger partial charge in [-0.1, -0.05) is 31.2 Å². The molecule has 1 aliphatic rings. The van der Waals surface area contributed by atoms with Gasteiger partial charge >= 0.3 is 0 Å². The van der Waals surface area contributed by atoms with Crippen molar-refractivity contribution in [3.8, 4) is 0 Å². The van der Waals surface area contributed by atoms with Gasteiger partial charge < -0.3 is 15.2 Å². The van der Waals surface area contributed by atoms with E-state index in [9.17, 15) is 0 Å². The van der Waals surface area contributed by atoms with Crippen molar-refractivity contribution < 1.29 is 9.84 Å². The van der Waals surface area contributed by atoms with Crippen molar-refractivity contribution in [1.29, 1.82) is 0 Å². The van der Waals surface area contributed by atoms with E-state index in [1.54, 1.807) is 0 Å². The summed E-state index contributed by atoms with van der Waals surface area (Å²) in [6, 6.07) is 8.72. The minimum atomic E-state index is 0.264. The number of fused-ring (bicyclic) bond motifs is 1. The molecule has 0 saturated carbocycles. The Morgan fingerprint density at radius 2 is 2.29 bits per heavy atom. The molecule has 1 heterocycles. The van der Waals surface area contributed by atoms with Gasteiger partial charge in [0.2, 0.25) is 0 Å². The van der Waals surface area contributed by atoms with Crippen LogP contribution in [0.3, 0.4) is 0 Å². The van der Waals surface area contributed by atoms with Gasteiger partial charge in [-0.15, -0.1) is 0 Å². The Morgan fingerprint density at radius 3 is 3.12 bits per heavy atom. The average Bonchev–Trinajstić information content (AvgIpc) is 2.36. The Balaban J connectivity index is 1.94. The highest BCUT2D eigenvalue weighted by molar-refractivity contribution is 5.30. The summed E-state index contributed by atoms with van der Waals surface area (Å²) < 4.78 is 5.59. The van der Waals surface area contributed by atoms with E-state index in [2.05, 4.69) is 36.5 Å². The molecular weight excluding hydrogens is 214 g/mol. The van der Waals surface area contributed by atoms with Gasteiger partial charge in [-0.3, -0.25) is 0 Å². The molecule has 0 amide bonds. The van der Waals surface area contributed by atoms with Crippen molar-refractivity contribution in [2.75, 3.05) is 19.8 Å². The molecule has 1 aromatic carbocycles. The molecule has 0 bridgehead atoms. The second-order valence-electron chi connectivity index (χ2n) is 4.79. The Labute approximate surface area is 103 Å². The van der Waals surface area contributed by atoms with Gasteiger partial charge in [0.15, 0.2) is 0 Å². The third-order valence-electron chi connectivity index (χ3n) is 3.31. The molecule has 2 atom stereocenters. The lowest BCUT2D eigenvalue weighted by molar-refractivity contribution is 0.0806. The van der Waals surface area contributed by atoms with Crippen LogP contribution in [-0.4, -0.2) is 24.9 Å². The summed E-state index contributed by atoms with van der Waals surface area (Å²) in [6.45, 7) is 4.80. The average molecular weight is 235 g/mol. The van der Waals surface area contributed by atoms with E-state index in [4.69, 9.17) is 9.84 Å². The summed E-state index contributed by atoms with van der Waals surface area (Å²) in [5, 5.41) is 12.4. The number of aliphatic hydroxyl groups excluding tert-OH is 1. The zero-order valence-corrected chi connectivity index (χ0v) is 10.4. The molecule has 1 aromatic rings. The van der Waals surface area contributed by atoms with Crippen LogP contribution in [0, 0.1) is 5.92 Å². The molecule has 1 aliphatic heterocycles. The smallest absolute Gasteiger partial charge is 0.0721 e. The zero-order chi connectivity index (χ0) is 12.1. The van der Waals surface area contributed by atoms with Crippen LogP contribution in [0.15, 0.2) is 24.3 Å². The van der Waals surface area contributed by atoms with E-state index >= 15 is 0 Å². The molecule has 3 nitrogen and oxygen atoms in total. The number of nitrogens with one attached hydrogen (secondary N) is 1. The van der Waals surface area contributed by atoms with Gasteiger partial charge in [0, 0.05) is 6.61 Å². The van der Waals surface area contributed by atoms with Crippen LogP contribution in [0.2, 0.25) is 0 Å². The van der Waals surface area contributed by atoms with Crippen LogP contribution in [0.4, 0.5) is 0 Å². The first-order chi connectivity index (χ1) is 8.31. The zero-order valence-electron chi connectivity index (χ0n) is 10.4. The molecule has 3 heteroatoms. The molecule has 94 valence electrons. The molecular formula is C14H21NO2. The standard InChI is InChI=1S/C14H21NO2/c1-11(6-7-16)8-15-14-10-17-9-12-4-2-3-5-13(12)14/h2-5,11,14-16H,6-10H2,1H3. The number of aliphatic hydroxyl groups is 1. The Kier molecular flexibility index (Phi) is 4.54. The molecule has 2 unspecified atom stereocenters. The van der Waals surface area contributed by atoms with Crippen molar-refractivity contribution >= 4 is 0 Å². The van der Waals surface area contributed by atoms with Gasteiger partial charge in [0.25, 0.3) is 0 Å². The van der Waals surface area contributed by atoms with Crippen molar-refractivity contribution in [2.24, 2.45) is 5.92 Å². The lowest BCUT2D eigenvalue weighted by atomic mass is 9.98. The predicted octanol–water partition coefficient (Wildman–Crippen LogP) is 1.87. The summed E-state index contributed by atoms with van der Waals surface area (Å²) in [7, 11) is 0. The molecule has 0 saturated heterocycles. The first kappa shape index (κ1) is 12.6. The first-order valence-corrected chi connectivity index (χ1v) is 6.31. The summed E-state index contributed by atoms with van der Waals surface area (Å²) in [4.78, 5) is 0. The molecule has 0 aliphatic carbocycles. The summed E-state index contributed by atoms with van der Waals surface area (Å²) in [5.74, 6) is 0.495.